The number of rotatable bonds is 8. The maximum atomic E-state index is 2.45. The second-order valence-corrected chi connectivity index (χ2v) is 18.1. The van der Waals surface area contributed by atoms with Crippen molar-refractivity contribution in [3.63, 3.8) is 0 Å². The molecule has 0 nitrogen and oxygen atoms in total. The van der Waals surface area contributed by atoms with E-state index in [1.165, 1.54) is 86.8 Å². The van der Waals surface area contributed by atoms with Crippen LogP contribution in [0, 0.1) is 14.9 Å². The van der Waals surface area contributed by atoms with Gasteiger partial charge in [-0.25, -0.2) is 0 Å². The summed E-state index contributed by atoms with van der Waals surface area (Å²) in [4.78, 5) is 0. The summed E-state index contributed by atoms with van der Waals surface area (Å²) in [5.41, 5.74) is 9.97. The molecule has 10 aromatic carbocycles. The topological polar surface area (TPSA) is 0 Å². The van der Waals surface area contributed by atoms with E-state index in [0.717, 1.165) is 0 Å². The smallest absolute Gasteiger partial charge is 0.358 e. The van der Waals surface area contributed by atoms with Gasteiger partial charge < -0.3 is 14.9 Å². The fourth-order valence-corrected chi connectivity index (χ4v) is 14.5. The Hall–Kier alpha value is -5.93. The normalized spacial score (nSPS) is 11.0. The molecule has 0 amide bonds. The average molecular weight is 924 g/mol. The fourth-order valence-electron chi connectivity index (χ4n) is 8.90. The molecule has 0 bridgehead atoms. The maximum absolute atomic E-state index is 3.13. The van der Waals surface area contributed by atoms with Gasteiger partial charge in [0.15, 0.2) is 0 Å². The van der Waals surface area contributed by atoms with Crippen LogP contribution in [-0.4, -0.2) is 8.07 Å². The van der Waals surface area contributed by atoms with E-state index in [1.807, 2.05) is 0 Å². The van der Waals surface area contributed by atoms with Gasteiger partial charge in [0.25, 0.3) is 0 Å². The van der Waals surface area contributed by atoms with Crippen LogP contribution in [0.1, 0.15) is 0 Å². The van der Waals surface area contributed by atoms with Crippen LogP contribution in [0.4, 0.5) is 0 Å². The van der Waals surface area contributed by atoms with Gasteiger partial charge in [0.1, 0.15) is 0 Å². The molecule has 0 aliphatic carbocycles. The summed E-state index contributed by atoms with van der Waals surface area (Å²) >= 11 is 0. The van der Waals surface area contributed by atoms with Crippen LogP contribution in [0.2, 0.25) is 0 Å². The van der Waals surface area contributed by atoms with Crippen molar-refractivity contribution in [1.29, 1.82) is 0 Å². The molecular formula is C56H44HfSi. The van der Waals surface area contributed by atoms with E-state index in [9.17, 15) is 0 Å². The van der Waals surface area contributed by atoms with Crippen LogP contribution in [-0.2, 0) is 25.8 Å². The van der Waals surface area contributed by atoms with Crippen LogP contribution in [0.3, 0.4) is 0 Å². The predicted molar refractivity (Wildman–Crippen MR) is 251 cm³/mol. The Bertz CT molecular complexity index is 2670. The molecule has 58 heavy (non-hydrogen) atoms. The zero-order chi connectivity index (χ0) is 36.6. The first-order valence-corrected chi connectivity index (χ1v) is 21.1. The van der Waals surface area contributed by atoms with Gasteiger partial charge in [-0.2, -0.15) is 0 Å². The van der Waals surface area contributed by atoms with Crippen molar-refractivity contribution >= 4 is 50.4 Å². The van der Waals surface area contributed by atoms with Gasteiger partial charge in [0.2, 0.25) is 0 Å². The molecule has 10 rings (SSSR count). The molecule has 2 heteroatoms. The molecule has 0 saturated carbocycles. The predicted octanol–water partition coefficient (Wildman–Crippen LogP) is 12.4. The zero-order valence-electron chi connectivity index (χ0n) is 32.9. The molecule has 0 unspecified atom stereocenters. The molecule has 0 aliphatic heterocycles. The van der Waals surface area contributed by atoms with Crippen LogP contribution in [0.15, 0.2) is 231 Å². The first-order valence-electron chi connectivity index (χ1n) is 19.1. The third-order valence-electron chi connectivity index (χ3n) is 11.4. The number of fused-ring (bicyclic) bond motifs is 2. The quantitative estimate of drug-likeness (QED) is 0.105. The monoisotopic (exact) mass is 924 g/mol. The molecular weight excluding hydrogens is 879 g/mol. The van der Waals surface area contributed by atoms with Crippen LogP contribution < -0.4 is 20.7 Å². The molecule has 10 aromatic rings. The standard InChI is InChI=1S/C54H38Si.2CH3.Hf/c1-5-17-39(18-6-1)41-29-33-43(34-30-41)51-37-45-21-13-15-27-49(45)53(51)55(47-23-9-3-10-24-47,48-25-11-4-12-26-48)54-50-28-16-14-22-46(50)38-52(54)44-35-31-42(32-36-44)40-19-7-2-8-20-40;;;/h1-38H;2*1H3;/q-2;2*-1;+4. The largest absolute Gasteiger partial charge is 4.00 e. The minimum Gasteiger partial charge on any atom is -0.358 e. The van der Waals surface area contributed by atoms with Crippen molar-refractivity contribution in [2.75, 3.05) is 0 Å². The van der Waals surface area contributed by atoms with Gasteiger partial charge in [-0.3, -0.25) is 0 Å². The minimum atomic E-state index is -3.13. The molecule has 0 aliphatic rings. The summed E-state index contributed by atoms with van der Waals surface area (Å²) in [5.74, 6) is 0. The SMILES string of the molecule is [CH3-].[CH3-].[Hf+4].c1ccc(-c2ccc(-c3[cH-]c4ccccc4c3[Si](c3ccccc3)(c3ccccc3)c3c(-c4ccc(-c5ccccc5)cc4)[cH-]c4ccccc34)cc2)cc1. The van der Waals surface area contributed by atoms with Gasteiger partial charge in [-0.1, -0.05) is 228 Å². The summed E-state index contributed by atoms with van der Waals surface area (Å²) in [5, 5.41) is 10.8. The summed E-state index contributed by atoms with van der Waals surface area (Å²) in [6.45, 7) is 0. The molecule has 0 aromatic heterocycles. The molecule has 0 spiro atoms. The third kappa shape index (κ3) is 6.91. The van der Waals surface area contributed by atoms with Gasteiger partial charge in [-0.15, -0.1) is 67.3 Å². The Morgan fingerprint density at radius 3 is 0.914 bits per heavy atom. The Morgan fingerprint density at radius 2 is 0.552 bits per heavy atom. The van der Waals surface area contributed by atoms with E-state index in [-0.39, 0.29) is 40.7 Å². The summed E-state index contributed by atoms with van der Waals surface area (Å²) in [7, 11) is -3.13. The molecule has 0 radical (unpaired) electrons. The van der Waals surface area contributed by atoms with Crippen molar-refractivity contribution < 1.29 is 25.8 Å². The van der Waals surface area contributed by atoms with Crippen molar-refractivity contribution in [3.8, 4) is 44.5 Å². The van der Waals surface area contributed by atoms with Gasteiger partial charge in [0, 0.05) is 0 Å². The number of hydrogen-bond acceptors (Lipinski definition) is 0. The van der Waals surface area contributed by atoms with E-state index < -0.39 is 8.07 Å². The Balaban J connectivity index is 0.00000171. The molecule has 0 fully saturated rings. The second kappa shape index (κ2) is 17.3. The van der Waals surface area contributed by atoms with Crippen molar-refractivity contribution in [2.45, 2.75) is 0 Å². The van der Waals surface area contributed by atoms with Crippen LogP contribution in [0.25, 0.3) is 66.1 Å². The third-order valence-corrected chi connectivity index (χ3v) is 16.3. The maximum Gasteiger partial charge on any atom is 4.00 e. The molecule has 0 N–H and O–H groups in total. The summed E-state index contributed by atoms with van der Waals surface area (Å²) in [6.07, 6.45) is 0. The molecule has 276 valence electrons. The zero-order valence-corrected chi connectivity index (χ0v) is 37.5. The Labute approximate surface area is 363 Å². The number of benzene rings is 8. The van der Waals surface area contributed by atoms with E-state index in [0.29, 0.717) is 0 Å². The first kappa shape index (κ1) is 40.3. The Kier molecular flexibility index (Phi) is 12.0. The fraction of sp³-hybridized carbons (Fsp3) is 0. The van der Waals surface area contributed by atoms with Crippen molar-refractivity contribution in [2.24, 2.45) is 0 Å². The Morgan fingerprint density at radius 1 is 0.276 bits per heavy atom. The van der Waals surface area contributed by atoms with Crippen LogP contribution in [0.5, 0.6) is 0 Å². The van der Waals surface area contributed by atoms with Gasteiger partial charge >= 0.3 is 25.8 Å². The summed E-state index contributed by atoms with van der Waals surface area (Å²) < 4.78 is 0. The molecule has 0 saturated heterocycles. The van der Waals surface area contributed by atoms with Crippen molar-refractivity contribution in [1.82, 2.24) is 0 Å². The molecule has 0 heterocycles. The van der Waals surface area contributed by atoms with E-state index >= 15 is 0 Å². The number of hydrogen-bond donors (Lipinski definition) is 0. The molecule has 0 atom stereocenters. The average Bonchev–Trinajstić information content (AvgIpc) is 3.86. The van der Waals surface area contributed by atoms with E-state index in [1.54, 1.807) is 0 Å². The summed E-state index contributed by atoms with van der Waals surface area (Å²) in [6, 6.07) is 85.7. The van der Waals surface area contributed by atoms with Gasteiger partial charge in [0.05, 0.1) is 8.07 Å². The van der Waals surface area contributed by atoms with Gasteiger partial charge in [-0.05, 0) is 22.3 Å². The minimum absolute atomic E-state index is 0. The van der Waals surface area contributed by atoms with E-state index in [2.05, 4.69) is 231 Å². The van der Waals surface area contributed by atoms with Crippen molar-refractivity contribution in [3.05, 3.63) is 245 Å². The first-order chi connectivity index (χ1) is 27.3. The second-order valence-electron chi connectivity index (χ2n) is 14.4. The van der Waals surface area contributed by atoms with Crippen LogP contribution >= 0.6 is 0 Å². The van der Waals surface area contributed by atoms with E-state index in [4.69, 9.17) is 0 Å².